The number of allylic oxidation sites excluding steroid dienone is 1. The van der Waals surface area contributed by atoms with E-state index in [4.69, 9.17) is 19.3 Å². The monoisotopic (exact) mass is 1040 g/mol. The number of carboxylic acids is 2. The molecule has 5 N–H and O–H groups in total. The van der Waals surface area contributed by atoms with Crippen LogP contribution in [0.3, 0.4) is 0 Å². The molecule has 0 bridgehead atoms. The van der Waals surface area contributed by atoms with E-state index in [-0.39, 0.29) is 55.0 Å². The van der Waals surface area contributed by atoms with Crippen LogP contribution < -0.4 is 16.0 Å². The molecule has 416 valence electrons. The van der Waals surface area contributed by atoms with Crippen molar-refractivity contribution >= 4 is 47.6 Å². The molecule has 13 atom stereocenters. The Kier molecular flexibility index (Phi) is 24.5. The van der Waals surface area contributed by atoms with Crippen LogP contribution in [0.25, 0.3) is 0 Å². The summed E-state index contributed by atoms with van der Waals surface area (Å²) in [5, 5.41) is 27.1. The van der Waals surface area contributed by atoms with E-state index in [2.05, 4.69) is 22.9 Å². The molecule has 1 aliphatic heterocycles. The topological polar surface area (TPSA) is 251 Å². The Labute approximate surface area is 439 Å². The molecule has 1 aliphatic carbocycles. The van der Waals surface area contributed by atoms with Crippen molar-refractivity contribution in [2.45, 2.75) is 188 Å². The first-order valence-corrected chi connectivity index (χ1v) is 26.4. The number of hydrogen-bond acceptors (Lipinski definition) is 11. The number of aliphatic carboxylic acids is 2. The number of amides is 6. The second-order valence-corrected chi connectivity index (χ2v) is 21.6. The number of ether oxygens (including phenoxy) is 3. The van der Waals surface area contributed by atoms with Crippen molar-refractivity contribution in [1.29, 1.82) is 0 Å². The van der Waals surface area contributed by atoms with E-state index in [0.29, 0.717) is 32.2 Å². The van der Waals surface area contributed by atoms with Gasteiger partial charge in [0.05, 0.1) is 43.1 Å². The van der Waals surface area contributed by atoms with Gasteiger partial charge >= 0.3 is 18.0 Å². The quantitative estimate of drug-likeness (QED) is 0.0669. The zero-order chi connectivity index (χ0) is 55.8. The molecule has 2 unspecified atom stereocenters. The second-order valence-electron chi connectivity index (χ2n) is 21.6. The lowest BCUT2D eigenvalue weighted by Crippen LogP contribution is -2.60. The van der Waals surface area contributed by atoms with Gasteiger partial charge in [0.2, 0.25) is 29.5 Å². The van der Waals surface area contributed by atoms with Crippen molar-refractivity contribution in [1.82, 2.24) is 30.7 Å². The normalized spacial score (nSPS) is 22.5. The lowest BCUT2D eigenvalue weighted by molar-refractivity contribution is -0.148. The number of methoxy groups -OCH3 is 2. The number of nitrogens with zero attached hydrogens (tertiary/aromatic N) is 3. The molecule has 3 rings (SSSR count). The van der Waals surface area contributed by atoms with Gasteiger partial charge in [0.15, 0.2) is 0 Å². The minimum atomic E-state index is -1.62. The summed E-state index contributed by atoms with van der Waals surface area (Å²) in [6, 6.07) is 5.15. The number of nitrogens with one attached hydrogen (secondary N) is 3. The van der Waals surface area contributed by atoms with Gasteiger partial charge < -0.3 is 50.2 Å². The van der Waals surface area contributed by atoms with Crippen molar-refractivity contribution < 1.29 is 62.8 Å². The summed E-state index contributed by atoms with van der Waals surface area (Å²) in [7, 11) is 6.17. The third kappa shape index (κ3) is 16.7. The highest BCUT2D eigenvalue weighted by Crippen LogP contribution is 2.34. The molecule has 6 amide bonds. The minimum absolute atomic E-state index is 0.0517. The largest absolute Gasteiger partial charge is 0.481 e. The zero-order valence-electron chi connectivity index (χ0n) is 46.4. The Hall–Kier alpha value is -5.56. The maximum atomic E-state index is 14.7. The standard InChI is InChI=1S/C55H88N6O13/c1-15-34(6)47(42(72-13)31-43(62)61-29-21-25-41(61)48(73-14)36(8)49(65)56-37(9)35(7)38-22-17-16-18-23-38)59(11)51(67)45(32(2)3)58-50(66)46(33(4)5)60(12)54(71)74-39-24-19-20-27-55(10,28-26-39)53(70)57-40(52(68)69)30-44(63)64/h16-19,22-24,32-37,39-42,45-48H,15,20-21,25-31H2,1-14H3,(H,56,65)(H,57,70)(H,58,66)(H,63,64)(H,68,69)/b24-19+/t34-,35+,36?,37+,39-,40-,41-,42+,45-,46-,47-,48?,55+/m0/s1. The van der Waals surface area contributed by atoms with Crippen LogP contribution >= 0.6 is 0 Å². The number of likely N-dealkylation sites (N-methyl/N-ethyl adjacent to an activating group) is 2. The van der Waals surface area contributed by atoms with Gasteiger partial charge in [-0.25, -0.2) is 9.59 Å². The smallest absolute Gasteiger partial charge is 0.410 e. The van der Waals surface area contributed by atoms with Gasteiger partial charge in [-0.1, -0.05) is 105 Å². The third-order valence-electron chi connectivity index (χ3n) is 15.5. The lowest BCUT2D eigenvalue weighted by atomic mass is 9.77. The number of benzene rings is 1. The predicted octanol–water partition coefficient (Wildman–Crippen LogP) is 6.00. The Balaban J connectivity index is 1.75. The van der Waals surface area contributed by atoms with E-state index in [1.54, 1.807) is 56.9 Å². The van der Waals surface area contributed by atoms with Crippen molar-refractivity contribution in [3.05, 3.63) is 48.0 Å². The maximum absolute atomic E-state index is 14.7. The fourth-order valence-corrected chi connectivity index (χ4v) is 10.4. The molecule has 1 aromatic rings. The molecule has 1 aromatic carbocycles. The van der Waals surface area contributed by atoms with Crippen LogP contribution in [0.4, 0.5) is 4.79 Å². The number of carbonyl (C=O) groups excluding carboxylic acids is 6. The third-order valence-corrected chi connectivity index (χ3v) is 15.5. The molecule has 0 radical (unpaired) electrons. The van der Waals surface area contributed by atoms with Crippen LogP contribution in [0.15, 0.2) is 42.5 Å². The first kappa shape index (κ1) is 62.7. The van der Waals surface area contributed by atoms with Crippen LogP contribution in [-0.4, -0.2) is 162 Å². The van der Waals surface area contributed by atoms with Gasteiger partial charge in [0.1, 0.15) is 24.2 Å². The van der Waals surface area contributed by atoms with Gasteiger partial charge in [0, 0.05) is 52.2 Å². The van der Waals surface area contributed by atoms with Gasteiger partial charge in [-0.15, -0.1) is 0 Å². The summed E-state index contributed by atoms with van der Waals surface area (Å²) in [5.41, 5.74) is 0.0158. The first-order chi connectivity index (χ1) is 34.7. The summed E-state index contributed by atoms with van der Waals surface area (Å²) < 4.78 is 18.0. The van der Waals surface area contributed by atoms with Crippen LogP contribution in [0, 0.1) is 29.1 Å². The van der Waals surface area contributed by atoms with Gasteiger partial charge in [-0.05, 0) is 74.8 Å². The molecule has 2 aliphatic rings. The summed E-state index contributed by atoms with van der Waals surface area (Å²) in [4.78, 5) is 112. The van der Waals surface area contributed by atoms with Crippen molar-refractivity contribution in [3.8, 4) is 0 Å². The molecule has 0 aromatic heterocycles. The van der Waals surface area contributed by atoms with Crippen LogP contribution in [0.2, 0.25) is 0 Å². The number of likely N-dealkylation sites (tertiary alicyclic amines) is 1. The lowest BCUT2D eigenvalue weighted by Gasteiger charge is -2.41. The number of rotatable bonds is 26. The fraction of sp³-hybridized carbons (Fsp3) is 0.709. The molecule has 1 saturated heterocycles. The molecule has 0 spiro atoms. The SMILES string of the molecule is CC[C@H](C)[C@@H]([C@@H](CC(=O)N1CCC[C@H]1C(OC)C(C)C(=O)N[C@H](C)[C@@H](C)c1ccccc1)OC)N(C)C(=O)[C@@H](NC(=O)[C@H](C(C)C)N(C)C(=O)O[C@H]1/C=C/CC[C@@](C)(C(=O)N[C@@H](CC(=O)O)C(=O)O)CC1)C(C)C. The summed E-state index contributed by atoms with van der Waals surface area (Å²) in [5.74, 6) is -6.28. The van der Waals surface area contributed by atoms with Crippen molar-refractivity contribution in [3.63, 3.8) is 0 Å². The molecule has 0 saturated carbocycles. The predicted molar refractivity (Wildman–Crippen MR) is 280 cm³/mol. The van der Waals surface area contributed by atoms with Crippen molar-refractivity contribution in [2.75, 3.05) is 34.9 Å². The molecular weight excluding hydrogens is 953 g/mol. The van der Waals surface area contributed by atoms with Crippen LogP contribution in [0.1, 0.15) is 139 Å². The Bertz CT molecular complexity index is 2090. The summed E-state index contributed by atoms with van der Waals surface area (Å²) in [6.45, 7) is 19.1. The Morgan fingerprint density at radius 1 is 0.811 bits per heavy atom. The van der Waals surface area contributed by atoms with Crippen molar-refractivity contribution in [2.24, 2.45) is 29.1 Å². The Morgan fingerprint density at radius 2 is 1.46 bits per heavy atom. The molecule has 74 heavy (non-hydrogen) atoms. The second kappa shape index (κ2) is 28.9. The average molecular weight is 1040 g/mol. The van der Waals surface area contributed by atoms with E-state index < -0.39 is 108 Å². The molecule has 19 nitrogen and oxygen atoms in total. The van der Waals surface area contributed by atoms with E-state index in [9.17, 15) is 43.5 Å². The van der Waals surface area contributed by atoms with E-state index in [1.165, 1.54) is 19.1 Å². The highest BCUT2D eigenvalue weighted by atomic mass is 16.6. The zero-order valence-corrected chi connectivity index (χ0v) is 46.4. The maximum Gasteiger partial charge on any atom is 0.410 e. The number of carbonyl (C=O) groups is 8. The van der Waals surface area contributed by atoms with Gasteiger partial charge in [0.25, 0.3) is 0 Å². The minimum Gasteiger partial charge on any atom is -0.481 e. The summed E-state index contributed by atoms with van der Waals surface area (Å²) >= 11 is 0. The number of carboxylic acid groups (broad SMARTS) is 2. The summed E-state index contributed by atoms with van der Waals surface area (Å²) in [6.07, 6.45) is 2.78. The molecule has 19 heteroatoms. The van der Waals surface area contributed by atoms with Crippen LogP contribution in [0.5, 0.6) is 0 Å². The van der Waals surface area contributed by atoms with E-state index in [1.807, 2.05) is 71.9 Å². The van der Waals surface area contributed by atoms with Gasteiger partial charge in [-0.2, -0.15) is 0 Å². The van der Waals surface area contributed by atoms with Gasteiger partial charge in [-0.3, -0.25) is 33.7 Å². The highest BCUT2D eigenvalue weighted by molar-refractivity contribution is 5.92. The fourth-order valence-electron chi connectivity index (χ4n) is 10.4. The Morgan fingerprint density at radius 3 is 2.01 bits per heavy atom. The average Bonchev–Trinajstić information content (AvgIpc) is 3.84. The molecular formula is C55H88N6O13. The van der Waals surface area contributed by atoms with E-state index >= 15 is 0 Å². The first-order valence-electron chi connectivity index (χ1n) is 26.4. The molecule has 1 fully saturated rings. The van der Waals surface area contributed by atoms with Crippen LogP contribution in [-0.2, 0) is 47.8 Å². The highest BCUT2D eigenvalue weighted by Gasteiger charge is 2.44. The molecule has 1 heterocycles. The number of hydrogen-bond donors (Lipinski definition) is 5. The van der Waals surface area contributed by atoms with E-state index in [0.717, 1.165) is 12.0 Å².